The second-order valence-electron chi connectivity index (χ2n) is 5.46. The first kappa shape index (κ1) is 36.8. The number of unbranched alkanes of at least 4 members (excludes halogenated alkanes) is 9. The summed E-state index contributed by atoms with van der Waals surface area (Å²) in [5.41, 5.74) is 4.81. The van der Waals surface area contributed by atoms with Crippen molar-refractivity contribution in [2.24, 2.45) is 5.73 Å². The molecule has 2 N–H and O–H groups in total. The maximum absolute atomic E-state index is 9.41. The van der Waals surface area contributed by atoms with Crippen molar-refractivity contribution in [3.63, 3.8) is 0 Å². The number of hydrogen-bond acceptors (Lipinski definition) is 5. The number of carbonyl (C=O) groups is 2. The van der Waals surface area contributed by atoms with E-state index in [4.69, 9.17) is 5.73 Å². The molecule has 0 aromatic rings. The number of carbonyl (C=O) groups excluding carboxylic acids is 2. The first-order valence-electron chi connectivity index (χ1n) is 9.05. The first-order valence-corrected chi connectivity index (χ1v) is 9.05. The number of rotatable bonds is 12. The van der Waals surface area contributed by atoms with Gasteiger partial charge in [-0.05, 0) is 19.4 Å². The number of hydrogen-bond donors (Lipinski definition) is 1. The van der Waals surface area contributed by atoms with Crippen molar-refractivity contribution in [3.05, 3.63) is 0 Å². The van der Waals surface area contributed by atoms with Crippen molar-refractivity contribution >= 4 is 11.9 Å². The molecule has 0 amide bonds. The molecule has 0 aliphatic heterocycles. The molecule has 0 atom stereocenters. The van der Waals surface area contributed by atoms with Crippen LogP contribution in [-0.4, -0.2) is 18.5 Å². The van der Waals surface area contributed by atoms with Crippen LogP contribution in [0, 0.1) is 0 Å². The van der Waals surface area contributed by atoms with E-state index in [9.17, 15) is 19.8 Å². The molecule has 0 bridgehead atoms. The van der Waals surface area contributed by atoms with Gasteiger partial charge >= 0.3 is 59.1 Å². The standard InChI is InChI=1S/C12H26.C3H7NO2.C3H6O2.2Na/c1-3-5-7-9-11-12-10-8-6-4-2;4-2-1-3(5)6;1-2-3(4)5;;/h3-12H2,1-2H3;1-2,4H2,(H,5,6);2H2,1H3,(H,4,5);;/q;;;2*+1/p-2. The van der Waals surface area contributed by atoms with Crippen LogP contribution in [0.1, 0.15) is 97.8 Å². The van der Waals surface area contributed by atoms with Crippen LogP contribution >= 0.6 is 0 Å². The summed E-state index contributed by atoms with van der Waals surface area (Å²) < 4.78 is 0. The monoisotopic (exact) mass is 377 g/mol. The minimum Gasteiger partial charge on any atom is -0.550 e. The molecule has 140 valence electrons. The summed E-state index contributed by atoms with van der Waals surface area (Å²) in [6, 6.07) is 0. The van der Waals surface area contributed by atoms with Gasteiger partial charge in [-0.3, -0.25) is 0 Å². The zero-order valence-corrected chi connectivity index (χ0v) is 21.4. The topological polar surface area (TPSA) is 106 Å². The third-order valence-corrected chi connectivity index (χ3v) is 3.09. The molecule has 0 aromatic carbocycles. The van der Waals surface area contributed by atoms with E-state index in [-0.39, 0.29) is 78.5 Å². The Hall–Kier alpha value is 0.900. The van der Waals surface area contributed by atoms with E-state index in [1.807, 2.05) is 0 Å². The van der Waals surface area contributed by atoms with Crippen LogP contribution < -0.4 is 75.1 Å². The molecule has 0 unspecified atom stereocenters. The zero-order valence-electron chi connectivity index (χ0n) is 17.4. The van der Waals surface area contributed by atoms with Gasteiger partial charge in [0.05, 0.1) is 0 Å². The van der Waals surface area contributed by atoms with Crippen molar-refractivity contribution < 1.29 is 78.9 Å². The average Bonchev–Trinajstić information content (AvgIpc) is 2.51. The largest absolute Gasteiger partial charge is 1.00 e. The van der Waals surface area contributed by atoms with E-state index in [2.05, 4.69) is 13.8 Å². The van der Waals surface area contributed by atoms with Gasteiger partial charge in [-0.15, -0.1) is 0 Å². The van der Waals surface area contributed by atoms with E-state index < -0.39 is 11.9 Å². The molecule has 0 saturated carbocycles. The van der Waals surface area contributed by atoms with Crippen molar-refractivity contribution in [1.29, 1.82) is 0 Å². The summed E-state index contributed by atoms with van der Waals surface area (Å²) >= 11 is 0. The number of nitrogens with two attached hydrogens (primary N) is 1. The predicted molar refractivity (Wildman–Crippen MR) is 91.5 cm³/mol. The van der Waals surface area contributed by atoms with Gasteiger partial charge in [0, 0.05) is 11.9 Å². The quantitative estimate of drug-likeness (QED) is 0.277. The van der Waals surface area contributed by atoms with Crippen LogP contribution in [0.2, 0.25) is 0 Å². The second-order valence-corrected chi connectivity index (χ2v) is 5.46. The summed E-state index contributed by atoms with van der Waals surface area (Å²) in [6.45, 7) is 6.26. The van der Waals surface area contributed by atoms with Gasteiger partial charge in [0.25, 0.3) is 0 Å². The Kier molecular flexibility index (Phi) is 52.8. The van der Waals surface area contributed by atoms with Gasteiger partial charge < -0.3 is 25.5 Å². The van der Waals surface area contributed by atoms with Crippen molar-refractivity contribution in [3.8, 4) is 0 Å². The van der Waals surface area contributed by atoms with Gasteiger partial charge in [0.2, 0.25) is 0 Å². The minimum atomic E-state index is -1.09. The summed E-state index contributed by atoms with van der Waals surface area (Å²) in [6.07, 6.45) is 14.5. The summed E-state index contributed by atoms with van der Waals surface area (Å²) in [4.78, 5) is 18.7. The fourth-order valence-corrected chi connectivity index (χ4v) is 1.68. The van der Waals surface area contributed by atoms with E-state index >= 15 is 0 Å². The molecule has 0 aliphatic carbocycles. The van der Waals surface area contributed by atoms with Crippen LogP contribution in [0.3, 0.4) is 0 Å². The number of aliphatic carboxylic acids is 2. The molecule has 0 saturated heterocycles. The maximum Gasteiger partial charge on any atom is 1.00 e. The molecule has 5 nitrogen and oxygen atoms in total. The number of carboxylic acids is 2. The van der Waals surface area contributed by atoms with Gasteiger partial charge in [-0.1, -0.05) is 85.0 Å². The Bertz CT molecular complexity index is 245. The van der Waals surface area contributed by atoms with Gasteiger partial charge in [-0.2, -0.15) is 0 Å². The third-order valence-electron chi connectivity index (χ3n) is 3.09. The van der Waals surface area contributed by atoms with E-state index in [0.717, 1.165) is 0 Å². The molecule has 0 rings (SSSR count). The van der Waals surface area contributed by atoms with Gasteiger partial charge in [0.1, 0.15) is 0 Å². The Labute approximate surface area is 199 Å². The predicted octanol–water partition coefficient (Wildman–Crippen LogP) is -3.83. The molecule has 0 aromatic heterocycles. The Balaban J connectivity index is -0.0000000873. The van der Waals surface area contributed by atoms with Crippen molar-refractivity contribution in [1.82, 2.24) is 0 Å². The number of carboxylic acid groups (broad SMARTS) is 2. The zero-order chi connectivity index (χ0) is 18.3. The fourth-order valence-electron chi connectivity index (χ4n) is 1.68. The molecule has 0 radical (unpaired) electrons. The Morgan fingerprint density at radius 3 is 1.08 bits per heavy atom. The van der Waals surface area contributed by atoms with Crippen LogP contribution in [0.5, 0.6) is 0 Å². The molecule has 0 heterocycles. The van der Waals surface area contributed by atoms with E-state index in [1.54, 1.807) is 0 Å². The average molecular weight is 377 g/mol. The Morgan fingerprint density at radius 2 is 0.960 bits per heavy atom. The van der Waals surface area contributed by atoms with E-state index in [0.29, 0.717) is 0 Å². The first-order chi connectivity index (χ1) is 11.0. The van der Waals surface area contributed by atoms with Gasteiger partial charge in [0.15, 0.2) is 0 Å². The molecule has 0 aliphatic rings. The maximum atomic E-state index is 9.41. The van der Waals surface area contributed by atoms with Crippen LogP contribution in [0.15, 0.2) is 0 Å². The summed E-state index contributed by atoms with van der Waals surface area (Å²) in [7, 11) is 0. The van der Waals surface area contributed by atoms with Crippen molar-refractivity contribution in [2.75, 3.05) is 6.54 Å². The third kappa shape index (κ3) is 58.8. The SMILES string of the molecule is CCC(=O)[O-].CCCCCCCCCCCC.NCCC(=O)[O-].[Na+].[Na+]. The molecular formula is C18H37NNa2O4. The summed E-state index contributed by atoms with van der Waals surface area (Å²) in [5.74, 6) is -2.08. The smallest absolute Gasteiger partial charge is 0.550 e. The van der Waals surface area contributed by atoms with Crippen LogP contribution in [-0.2, 0) is 9.59 Å². The van der Waals surface area contributed by atoms with Crippen LogP contribution in [0.4, 0.5) is 0 Å². The minimum absolute atomic E-state index is 0. The molecule has 7 heteroatoms. The van der Waals surface area contributed by atoms with Crippen LogP contribution in [0.25, 0.3) is 0 Å². The molecule has 0 fully saturated rings. The second kappa shape index (κ2) is 35.9. The normalized spacial score (nSPS) is 8.48. The van der Waals surface area contributed by atoms with E-state index in [1.165, 1.54) is 71.1 Å². The van der Waals surface area contributed by atoms with Crippen molar-refractivity contribution in [2.45, 2.75) is 97.8 Å². The molecular weight excluding hydrogens is 340 g/mol. The fraction of sp³-hybridized carbons (Fsp3) is 0.889. The molecule has 25 heavy (non-hydrogen) atoms. The Morgan fingerprint density at radius 1 is 0.680 bits per heavy atom. The molecule has 0 spiro atoms. The summed E-state index contributed by atoms with van der Waals surface area (Å²) in [5, 5.41) is 18.7. The van der Waals surface area contributed by atoms with Gasteiger partial charge in [-0.25, -0.2) is 0 Å².